The highest BCUT2D eigenvalue weighted by Gasteiger charge is 2.35. The summed E-state index contributed by atoms with van der Waals surface area (Å²) < 4.78 is 66.2. The quantitative estimate of drug-likeness (QED) is 0.694. The first kappa shape index (κ1) is 19.8. The van der Waals surface area contributed by atoms with E-state index in [9.17, 15) is 26.8 Å². The highest BCUT2D eigenvalue weighted by Crippen LogP contribution is 2.32. The summed E-state index contributed by atoms with van der Waals surface area (Å²) >= 11 is 0. The van der Waals surface area contributed by atoms with Crippen LogP contribution < -0.4 is 4.90 Å². The van der Waals surface area contributed by atoms with Crippen molar-refractivity contribution in [1.29, 1.82) is 0 Å². The smallest absolute Gasteiger partial charge is 0.355 e. The standard InChI is InChI=1S/C15H15F2NO7S/c1-23-14(19)9-6-25-7-18(12(9)15(20)24-2)13-10(16)4-8(5-11(13)17)26(3,21)22/h4-5H,6-7H2,1-3H3. The number of halogens is 2. The first-order valence-electron chi connectivity index (χ1n) is 7.06. The lowest BCUT2D eigenvalue weighted by Crippen LogP contribution is -2.39. The van der Waals surface area contributed by atoms with Crippen molar-refractivity contribution in [1.82, 2.24) is 0 Å². The van der Waals surface area contributed by atoms with Crippen LogP contribution in [0.4, 0.5) is 14.5 Å². The van der Waals surface area contributed by atoms with Gasteiger partial charge in [-0.15, -0.1) is 0 Å². The van der Waals surface area contributed by atoms with E-state index in [0.29, 0.717) is 12.1 Å². The van der Waals surface area contributed by atoms with Gasteiger partial charge in [-0.1, -0.05) is 0 Å². The van der Waals surface area contributed by atoms with E-state index >= 15 is 0 Å². The van der Waals surface area contributed by atoms with Gasteiger partial charge in [0.2, 0.25) is 0 Å². The molecule has 0 spiro atoms. The third-order valence-electron chi connectivity index (χ3n) is 3.52. The van der Waals surface area contributed by atoms with Crippen LogP contribution in [0.3, 0.4) is 0 Å². The summed E-state index contributed by atoms with van der Waals surface area (Å²) in [5.41, 5.74) is -1.52. The minimum absolute atomic E-state index is 0.295. The molecule has 1 aliphatic heterocycles. The molecule has 0 atom stereocenters. The molecule has 0 N–H and O–H groups in total. The molecule has 0 aromatic heterocycles. The van der Waals surface area contributed by atoms with Gasteiger partial charge in [0, 0.05) is 6.26 Å². The minimum Gasteiger partial charge on any atom is -0.466 e. The Morgan fingerprint density at radius 2 is 1.65 bits per heavy atom. The molecule has 11 heteroatoms. The van der Waals surface area contributed by atoms with Gasteiger partial charge in [-0.3, -0.25) is 0 Å². The first-order valence-corrected chi connectivity index (χ1v) is 8.95. The Morgan fingerprint density at radius 3 is 2.12 bits per heavy atom. The maximum absolute atomic E-state index is 14.5. The molecule has 142 valence electrons. The van der Waals surface area contributed by atoms with E-state index in [1.54, 1.807) is 0 Å². The summed E-state index contributed by atoms with van der Waals surface area (Å²) in [7, 11) is -1.78. The second kappa shape index (κ2) is 7.38. The van der Waals surface area contributed by atoms with Gasteiger partial charge in [-0.25, -0.2) is 26.8 Å². The fourth-order valence-electron chi connectivity index (χ4n) is 2.33. The molecule has 0 fully saturated rings. The normalized spacial score (nSPS) is 15.0. The van der Waals surface area contributed by atoms with Crippen molar-refractivity contribution in [3.8, 4) is 0 Å². The summed E-state index contributed by atoms with van der Waals surface area (Å²) in [6.45, 7) is -0.810. The molecule has 1 aromatic carbocycles. The average molecular weight is 391 g/mol. The molecule has 26 heavy (non-hydrogen) atoms. The molecule has 1 aromatic rings. The van der Waals surface area contributed by atoms with Crippen LogP contribution in [0.2, 0.25) is 0 Å². The van der Waals surface area contributed by atoms with E-state index in [1.165, 1.54) is 0 Å². The molecule has 0 saturated carbocycles. The van der Waals surface area contributed by atoms with Crippen molar-refractivity contribution in [2.75, 3.05) is 38.7 Å². The number of anilines is 1. The van der Waals surface area contributed by atoms with Crippen LogP contribution in [0.5, 0.6) is 0 Å². The zero-order chi connectivity index (χ0) is 19.6. The summed E-state index contributed by atoms with van der Waals surface area (Å²) in [5, 5.41) is 0. The van der Waals surface area contributed by atoms with Gasteiger partial charge >= 0.3 is 11.9 Å². The zero-order valence-electron chi connectivity index (χ0n) is 14.0. The monoisotopic (exact) mass is 391 g/mol. The van der Waals surface area contributed by atoms with Crippen LogP contribution in [0, 0.1) is 11.6 Å². The van der Waals surface area contributed by atoms with Crippen molar-refractivity contribution in [3.05, 3.63) is 35.0 Å². The van der Waals surface area contributed by atoms with Crippen molar-refractivity contribution in [2.24, 2.45) is 0 Å². The molecular formula is C15H15F2NO7S. The summed E-state index contributed by atoms with van der Waals surface area (Å²) in [6, 6.07) is 1.21. The highest BCUT2D eigenvalue weighted by molar-refractivity contribution is 7.90. The van der Waals surface area contributed by atoms with Crippen LogP contribution in [0.1, 0.15) is 0 Å². The van der Waals surface area contributed by atoms with Crippen molar-refractivity contribution >= 4 is 27.5 Å². The lowest BCUT2D eigenvalue weighted by molar-refractivity contribution is -0.140. The largest absolute Gasteiger partial charge is 0.466 e. The van der Waals surface area contributed by atoms with Crippen molar-refractivity contribution in [2.45, 2.75) is 4.90 Å². The van der Waals surface area contributed by atoms with Crippen LogP contribution in [0.15, 0.2) is 28.3 Å². The van der Waals surface area contributed by atoms with E-state index in [2.05, 4.69) is 9.47 Å². The molecular weight excluding hydrogens is 376 g/mol. The molecule has 1 heterocycles. The Bertz CT molecular complexity index is 872. The predicted molar refractivity (Wildman–Crippen MR) is 83.8 cm³/mol. The van der Waals surface area contributed by atoms with Crippen LogP contribution in [-0.2, 0) is 33.6 Å². The van der Waals surface area contributed by atoms with Crippen molar-refractivity contribution < 1.29 is 41.0 Å². The van der Waals surface area contributed by atoms with Gasteiger partial charge in [0.15, 0.2) is 21.5 Å². The number of rotatable bonds is 4. The second-order valence-electron chi connectivity index (χ2n) is 5.22. The zero-order valence-corrected chi connectivity index (χ0v) is 14.9. The number of benzene rings is 1. The number of methoxy groups -OCH3 is 2. The average Bonchev–Trinajstić information content (AvgIpc) is 2.58. The van der Waals surface area contributed by atoms with Gasteiger partial charge in [0.05, 0.1) is 31.3 Å². The van der Waals surface area contributed by atoms with E-state index in [0.717, 1.165) is 25.4 Å². The van der Waals surface area contributed by atoms with Gasteiger partial charge in [0.1, 0.15) is 18.1 Å². The third-order valence-corrected chi connectivity index (χ3v) is 4.61. The maximum Gasteiger partial charge on any atom is 0.355 e. The lowest BCUT2D eigenvalue weighted by atomic mass is 10.1. The van der Waals surface area contributed by atoms with Gasteiger partial charge in [-0.05, 0) is 12.1 Å². The summed E-state index contributed by atoms with van der Waals surface area (Å²) in [6.07, 6.45) is 0.792. The molecule has 1 aliphatic rings. The molecule has 0 unspecified atom stereocenters. The van der Waals surface area contributed by atoms with E-state index in [-0.39, 0.29) is 12.2 Å². The van der Waals surface area contributed by atoms with E-state index in [1.807, 2.05) is 0 Å². The molecule has 0 saturated heterocycles. The third kappa shape index (κ3) is 3.68. The Labute approximate surface area is 147 Å². The topological polar surface area (TPSA) is 99.2 Å². The lowest BCUT2D eigenvalue weighted by Gasteiger charge is -2.31. The molecule has 0 bridgehead atoms. The highest BCUT2D eigenvalue weighted by atomic mass is 32.2. The van der Waals surface area contributed by atoms with Gasteiger partial charge < -0.3 is 19.1 Å². The molecule has 0 aliphatic carbocycles. The SMILES string of the molecule is COC(=O)C1=C(C(=O)OC)N(c2c(F)cc(S(C)(=O)=O)cc2F)COC1. The van der Waals surface area contributed by atoms with E-state index in [4.69, 9.17) is 4.74 Å². The Morgan fingerprint density at radius 1 is 1.12 bits per heavy atom. The summed E-state index contributed by atoms with van der Waals surface area (Å²) in [4.78, 5) is 24.1. The van der Waals surface area contributed by atoms with Crippen LogP contribution in [-0.4, -0.2) is 54.2 Å². The minimum atomic E-state index is -3.87. The molecule has 0 amide bonds. The predicted octanol–water partition coefficient (Wildman–Crippen LogP) is 0.762. The fourth-order valence-corrected chi connectivity index (χ4v) is 2.97. The molecule has 2 rings (SSSR count). The van der Waals surface area contributed by atoms with Crippen LogP contribution in [0.25, 0.3) is 0 Å². The van der Waals surface area contributed by atoms with Gasteiger partial charge in [-0.2, -0.15) is 0 Å². The Kier molecular flexibility index (Phi) is 5.62. The van der Waals surface area contributed by atoms with E-state index < -0.39 is 56.4 Å². The Balaban J connectivity index is 2.69. The number of carbonyl (C=O) groups excluding carboxylic acids is 2. The first-order chi connectivity index (χ1) is 12.1. The van der Waals surface area contributed by atoms with Crippen molar-refractivity contribution in [3.63, 3.8) is 0 Å². The maximum atomic E-state index is 14.5. The number of sulfone groups is 1. The van der Waals surface area contributed by atoms with Gasteiger partial charge in [0.25, 0.3) is 0 Å². The molecule has 0 radical (unpaired) electrons. The molecule has 8 nitrogen and oxygen atoms in total. The second-order valence-corrected chi connectivity index (χ2v) is 7.24. The van der Waals surface area contributed by atoms with Crippen LogP contribution >= 0.6 is 0 Å². The number of ether oxygens (including phenoxy) is 3. The Hall–Kier alpha value is -2.53. The number of hydrogen-bond donors (Lipinski definition) is 0. The summed E-state index contributed by atoms with van der Waals surface area (Å²) in [5.74, 6) is -4.51. The number of carbonyl (C=O) groups is 2. The number of esters is 2. The number of hydrogen-bond acceptors (Lipinski definition) is 8. The fraction of sp³-hybridized carbons (Fsp3) is 0.333. The number of nitrogens with zero attached hydrogens (tertiary/aromatic N) is 1.